The molecule has 1 atom stereocenters. The second-order valence-electron chi connectivity index (χ2n) is 6.08. The molecular formula is C19H24N2O4S. The number of hydrogen-bond donors (Lipinski definition) is 1. The fourth-order valence-corrected chi connectivity index (χ4v) is 3.78. The minimum absolute atomic E-state index is 0.112. The molecule has 6 nitrogen and oxygen atoms in total. The van der Waals surface area contributed by atoms with Crippen LogP contribution in [0.5, 0.6) is 5.75 Å². The number of amides is 1. The van der Waals surface area contributed by atoms with Gasteiger partial charge in [0, 0.05) is 7.05 Å². The smallest absolute Gasteiger partial charge is 0.243 e. The quantitative estimate of drug-likeness (QED) is 0.806. The Labute approximate surface area is 154 Å². The van der Waals surface area contributed by atoms with Crippen LogP contribution >= 0.6 is 0 Å². The van der Waals surface area contributed by atoms with Gasteiger partial charge in [-0.2, -0.15) is 4.31 Å². The van der Waals surface area contributed by atoms with Crippen molar-refractivity contribution in [3.63, 3.8) is 0 Å². The van der Waals surface area contributed by atoms with E-state index in [2.05, 4.69) is 5.32 Å². The second-order valence-corrected chi connectivity index (χ2v) is 8.13. The number of nitrogens with one attached hydrogen (secondary N) is 1. The summed E-state index contributed by atoms with van der Waals surface area (Å²) in [6.45, 7) is 3.58. The molecule has 2 aromatic rings. The van der Waals surface area contributed by atoms with Crippen molar-refractivity contribution in [1.29, 1.82) is 0 Å². The molecule has 0 saturated heterocycles. The van der Waals surface area contributed by atoms with Gasteiger partial charge in [-0.1, -0.05) is 24.3 Å². The summed E-state index contributed by atoms with van der Waals surface area (Å²) in [5, 5.41) is 2.84. The van der Waals surface area contributed by atoms with Crippen molar-refractivity contribution < 1.29 is 17.9 Å². The number of sulfonamides is 1. The Hall–Kier alpha value is -2.38. The minimum Gasteiger partial charge on any atom is -0.497 e. The third-order valence-electron chi connectivity index (χ3n) is 4.17. The van der Waals surface area contributed by atoms with Gasteiger partial charge in [0.1, 0.15) is 5.75 Å². The van der Waals surface area contributed by atoms with Gasteiger partial charge in [-0.3, -0.25) is 4.79 Å². The largest absolute Gasteiger partial charge is 0.497 e. The molecule has 0 aliphatic rings. The van der Waals surface area contributed by atoms with Crippen molar-refractivity contribution in [3.8, 4) is 5.75 Å². The highest BCUT2D eigenvalue weighted by Gasteiger charge is 2.23. The number of methoxy groups -OCH3 is 1. The fraction of sp³-hybridized carbons (Fsp3) is 0.316. The van der Waals surface area contributed by atoms with E-state index in [0.717, 1.165) is 15.4 Å². The van der Waals surface area contributed by atoms with E-state index in [-0.39, 0.29) is 23.4 Å². The number of carbonyl (C=O) groups is 1. The first-order valence-electron chi connectivity index (χ1n) is 8.21. The summed E-state index contributed by atoms with van der Waals surface area (Å²) in [7, 11) is -0.855. The molecule has 26 heavy (non-hydrogen) atoms. The zero-order chi connectivity index (χ0) is 19.3. The van der Waals surface area contributed by atoms with E-state index in [0.29, 0.717) is 5.75 Å². The lowest BCUT2D eigenvalue weighted by atomic mass is 10.0. The van der Waals surface area contributed by atoms with Gasteiger partial charge in [0.05, 0.1) is 24.6 Å². The summed E-state index contributed by atoms with van der Waals surface area (Å²) in [5.41, 5.74) is 2.07. The van der Waals surface area contributed by atoms with Crippen LogP contribution in [0.1, 0.15) is 24.1 Å². The van der Waals surface area contributed by atoms with Gasteiger partial charge < -0.3 is 10.1 Å². The Bertz CT molecular complexity index is 863. The number of rotatable bonds is 7. The number of benzene rings is 2. The highest BCUT2D eigenvalue weighted by atomic mass is 32.2. The molecule has 1 amide bonds. The van der Waals surface area contributed by atoms with Crippen LogP contribution < -0.4 is 10.1 Å². The summed E-state index contributed by atoms with van der Waals surface area (Å²) in [5.74, 6) is 0.205. The third kappa shape index (κ3) is 4.62. The summed E-state index contributed by atoms with van der Waals surface area (Å²) in [6, 6.07) is 13.6. The molecule has 2 rings (SSSR count). The van der Waals surface area contributed by atoms with Crippen LogP contribution in [0.25, 0.3) is 0 Å². The van der Waals surface area contributed by atoms with Crippen molar-refractivity contribution >= 4 is 15.9 Å². The Morgan fingerprint density at radius 3 is 2.35 bits per heavy atom. The van der Waals surface area contributed by atoms with Gasteiger partial charge in [-0.05, 0) is 49.2 Å². The van der Waals surface area contributed by atoms with Crippen molar-refractivity contribution in [1.82, 2.24) is 9.62 Å². The summed E-state index contributed by atoms with van der Waals surface area (Å²) < 4.78 is 31.2. The highest BCUT2D eigenvalue weighted by molar-refractivity contribution is 7.89. The van der Waals surface area contributed by atoms with E-state index in [1.165, 1.54) is 26.3 Å². The Morgan fingerprint density at radius 1 is 1.15 bits per heavy atom. The molecule has 1 N–H and O–H groups in total. The average molecular weight is 376 g/mol. The maximum atomic E-state index is 12.6. The first-order valence-corrected chi connectivity index (χ1v) is 9.65. The number of hydrogen-bond acceptors (Lipinski definition) is 4. The summed E-state index contributed by atoms with van der Waals surface area (Å²) >= 11 is 0. The van der Waals surface area contributed by atoms with E-state index in [1.54, 1.807) is 12.1 Å². The highest BCUT2D eigenvalue weighted by Crippen LogP contribution is 2.19. The molecule has 0 heterocycles. The molecular weight excluding hydrogens is 352 g/mol. The van der Waals surface area contributed by atoms with Gasteiger partial charge in [0.25, 0.3) is 0 Å². The van der Waals surface area contributed by atoms with Gasteiger partial charge in [-0.15, -0.1) is 0 Å². The number of ether oxygens (including phenoxy) is 1. The maximum Gasteiger partial charge on any atom is 0.243 e. The lowest BCUT2D eigenvalue weighted by Gasteiger charge is -2.20. The standard InChI is InChI=1S/C19H24N2O4S/c1-14-7-5-6-8-18(14)15(2)20-19(22)13-21(3)26(23,24)17-11-9-16(25-4)10-12-17/h5-12,15H,13H2,1-4H3,(H,20,22). The third-order valence-corrected chi connectivity index (χ3v) is 5.98. The number of carbonyl (C=O) groups excluding carboxylic acids is 1. The van der Waals surface area contributed by atoms with Crippen molar-refractivity contribution in [2.75, 3.05) is 20.7 Å². The molecule has 1 unspecified atom stereocenters. The molecule has 0 bridgehead atoms. The molecule has 0 aromatic heterocycles. The van der Waals surface area contributed by atoms with Crippen LogP contribution in [0.4, 0.5) is 0 Å². The molecule has 7 heteroatoms. The van der Waals surface area contributed by atoms with E-state index in [1.807, 2.05) is 38.1 Å². The van der Waals surface area contributed by atoms with Gasteiger partial charge in [-0.25, -0.2) is 8.42 Å². The summed E-state index contributed by atoms with van der Waals surface area (Å²) in [4.78, 5) is 12.4. The lowest BCUT2D eigenvalue weighted by Crippen LogP contribution is -2.39. The van der Waals surface area contributed by atoms with Gasteiger partial charge in [0.2, 0.25) is 15.9 Å². The topological polar surface area (TPSA) is 75.7 Å². The number of nitrogens with zero attached hydrogens (tertiary/aromatic N) is 1. The SMILES string of the molecule is COc1ccc(S(=O)(=O)N(C)CC(=O)NC(C)c2ccccc2C)cc1. The van der Waals surface area contributed by atoms with Crippen molar-refractivity contribution in [3.05, 3.63) is 59.7 Å². The molecule has 0 aliphatic carbocycles. The molecule has 0 aliphatic heterocycles. The molecule has 0 fully saturated rings. The van der Waals surface area contributed by atoms with Crippen LogP contribution in [0, 0.1) is 6.92 Å². The Morgan fingerprint density at radius 2 is 1.77 bits per heavy atom. The Kier molecular flexibility index (Phi) is 6.39. The molecule has 0 saturated carbocycles. The number of aryl methyl sites for hydroxylation is 1. The molecule has 2 aromatic carbocycles. The number of likely N-dealkylation sites (N-methyl/N-ethyl adjacent to an activating group) is 1. The van der Waals surface area contributed by atoms with E-state index in [9.17, 15) is 13.2 Å². The zero-order valence-corrected chi connectivity index (χ0v) is 16.2. The molecule has 0 radical (unpaired) electrons. The van der Waals surface area contributed by atoms with Gasteiger partial charge >= 0.3 is 0 Å². The van der Waals surface area contributed by atoms with Crippen molar-refractivity contribution in [2.45, 2.75) is 24.8 Å². The molecule has 140 valence electrons. The van der Waals surface area contributed by atoms with Crippen LogP contribution in [0.15, 0.2) is 53.4 Å². The fourth-order valence-electron chi connectivity index (χ4n) is 2.65. The zero-order valence-electron chi connectivity index (χ0n) is 15.4. The second kappa shape index (κ2) is 8.33. The first kappa shape index (κ1) is 19.9. The van der Waals surface area contributed by atoms with Crippen LogP contribution in [-0.4, -0.2) is 39.3 Å². The lowest BCUT2D eigenvalue weighted by molar-refractivity contribution is -0.121. The van der Waals surface area contributed by atoms with E-state index in [4.69, 9.17) is 4.74 Å². The molecule has 0 spiro atoms. The van der Waals surface area contributed by atoms with Gasteiger partial charge in [0.15, 0.2) is 0 Å². The summed E-state index contributed by atoms with van der Waals surface area (Å²) in [6.07, 6.45) is 0. The van der Waals surface area contributed by atoms with E-state index < -0.39 is 10.0 Å². The predicted molar refractivity (Wildman–Crippen MR) is 101 cm³/mol. The van der Waals surface area contributed by atoms with Crippen molar-refractivity contribution in [2.24, 2.45) is 0 Å². The van der Waals surface area contributed by atoms with Crippen LogP contribution in [-0.2, 0) is 14.8 Å². The Balaban J connectivity index is 2.04. The predicted octanol–water partition coefficient (Wildman–Crippen LogP) is 2.50. The maximum absolute atomic E-state index is 12.6. The monoisotopic (exact) mass is 376 g/mol. The normalized spacial score (nSPS) is 12.7. The average Bonchev–Trinajstić information content (AvgIpc) is 2.61. The van der Waals surface area contributed by atoms with Crippen LogP contribution in [0.3, 0.4) is 0 Å². The first-order chi connectivity index (χ1) is 12.3. The van der Waals surface area contributed by atoms with Crippen LogP contribution in [0.2, 0.25) is 0 Å². The van der Waals surface area contributed by atoms with E-state index >= 15 is 0 Å². The minimum atomic E-state index is -3.75.